The minimum Gasteiger partial charge on any atom is -0.507 e. The number of halogens is 1. The van der Waals surface area contributed by atoms with E-state index in [9.17, 15) is 15.2 Å². The lowest BCUT2D eigenvalue weighted by Crippen LogP contribution is -2.12. The monoisotopic (exact) mass is 392 g/mol. The topological polar surface area (TPSA) is 76.9 Å². The van der Waals surface area contributed by atoms with Gasteiger partial charge >= 0.3 is 0 Å². The van der Waals surface area contributed by atoms with E-state index in [1.165, 1.54) is 6.07 Å². The molecular formula is C20H13BrN2O2. The summed E-state index contributed by atoms with van der Waals surface area (Å²) in [6, 6.07) is 18.2. The Kier molecular flexibility index (Phi) is 4.82. The number of aromatic nitrogens is 1. The molecule has 4 nitrogen and oxygen atoms in total. The van der Waals surface area contributed by atoms with Gasteiger partial charge in [0.05, 0.1) is 5.69 Å². The zero-order valence-corrected chi connectivity index (χ0v) is 14.6. The Hall–Kier alpha value is -3.10. The summed E-state index contributed by atoms with van der Waals surface area (Å²) in [5.74, 6) is 0.0431. The van der Waals surface area contributed by atoms with Gasteiger partial charge in [-0.3, -0.25) is 4.79 Å². The molecular weight excluding hydrogens is 380 g/mol. The Morgan fingerprint density at radius 1 is 1.08 bits per heavy atom. The second kappa shape index (κ2) is 7.20. The van der Waals surface area contributed by atoms with Gasteiger partial charge in [0, 0.05) is 10.0 Å². The van der Waals surface area contributed by atoms with Crippen LogP contribution in [0, 0.1) is 11.3 Å². The highest BCUT2D eigenvalue weighted by atomic mass is 79.9. The van der Waals surface area contributed by atoms with Crippen molar-refractivity contribution in [2.45, 2.75) is 0 Å². The third-order valence-corrected chi connectivity index (χ3v) is 4.17. The molecule has 0 aliphatic rings. The molecule has 0 aliphatic carbocycles. The van der Waals surface area contributed by atoms with Crippen LogP contribution >= 0.6 is 15.9 Å². The van der Waals surface area contributed by atoms with Crippen LogP contribution in [0.25, 0.3) is 23.4 Å². The number of hydrogen-bond donors (Lipinski definition) is 2. The van der Waals surface area contributed by atoms with Gasteiger partial charge in [-0.05, 0) is 35.4 Å². The summed E-state index contributed by atoms with van der Waals surface area (Å²) in [6.45, 7) is 0. The maximum absolute atomic E-state index is 12.3. The first-order valence-corrected chi connectivity index (χ1v) is 8.27. The summed E-state index contributed by atoms with van der Waals surface area (Å²) < 4.78 is 0.770. The Labute approximate surface area is 152 Å². The minimum atomic E-state index is -0.493. The SMILES string of the molecule is N#Cc1c(/C=C/c2ccccc2)cc(-c2cc(Br)ccc2O)[nH]c1=O. The molecule has 0 aliphatic heterocycles. The van der Waals surface area contributed by atoms with Crippen molar-refractivity contribution in [1.29, 1.82) is 5.26 Å². The molecule has 3 rings (SSSR count). The first-order chi connectivity index (χ1) is 12.1. The number of aromatic hydroxyl groups is 1. The van der Waals surface area contributed by atoms with E-state index in [0.717, 1.165) is 10.0 Å². The van der Waals surface area contributed by atoms with Gasteiger partial charge in [-0.25, -0.2) is 0 Å². The normalized spacial score (nSPS) is 10.7. The van der Waals surface area contributed by atoms with Gasteiger partial charge in [0.1, 0.15) is 17.4 Å². The fourth-order valence-corrected chi connectivity index (χ4v) is 2.81. The molecule has 0 unspecified atom stereocenters. The number of nitrogens with one attached hydrogen (secondary N) is 1. The second-order valence-electron chi connectivity index (χ2n) is 5.36. The first-order valence-electron chi connectivity index (χ1n) is 7.48. The molecule has 0 atom stereocenters. The van der Waals surface area contributed by atoms with Crippen molar-refractivity contribution < 1.29 is 5.11 Å². The Morgan fingerprint density at radius 2 is 1.84 bits per heavy atom. The van der Waals surface area contributed by atoms with Gasteiger partial charge in [0.15, 0.2) is 0 Å². The van der Waals surface area contributed by atoms with Crippen molar-refractivity contribution in [2.24, 2.45) is 0 Å². The van der Waals surface area contributed by atoms with Crippen LogP contribution in [-0.2, 0) is 0 Å². The highest BCUT2D eigenvalue weighted by Crippen LogP contribution is 2.31. The molecule has 2 N–H and O–H groups in total. The zero-order chi connectivity index (χ0) is 17.8. The minimum absolute atomic E-state index is 0.0328. The molecule has 0 spiro atoms. The Bertz CT molecular complexity index is 1050. The predicted molar refractivity (Wildman–Crippen MR) is 102 cm³/mol. The number of H-pyrrole nitrogens is 1. The van der Waals surface area contributed by atoms with Gasteiger partial charge in [0.25, 0.3) is 5.56 Å². The zero-order valence-electron chi connectivity index (χ0n) is 13.0. The summed E-state index contributed by atoms with van der Waals surface area (Å²) in [5, 5.41) is 19.4. The Morgan fingerprint density at radius 3 is 2.56 bits per heavy atom. The van der Waals surface area contributed by atoms with Crippen molar-refractivity contribution in [3.63, 3.8) is 0 Å². The third kappa shape index (κ3) is 3.70. The lowest BCUT2D eigenvalue weighted by atomic mass is 10.0. The summed E-state index contributed by atoms with van der Waals surface area (Å²) >= 11 is 3.35. The van der Waals surface area contributed by atoms with Crippen LogP contribution < -0.4 is 5.56 Å². The van der Waals surface area contributed by atoms with Crippen LogP contribution in [0.3, 0.4) is 0 Å². The average Bonchev–Trinajstić information content (AvgIpc) is 2.62. The second-order valence-corrected chi connectivity index (χ2v) is 6.28. The number of pyridine rings is 1. The number of aromatic amines is 1. The van der Waals surface area contributed by atoms with E-state index in [2.05, 4.69) is 20.9 Å². The standard InChI is InChI=1S/C20H13BrN2O2/c21-15-8-9-19(24)16(11-15)18-10-14(17(12-22)20(25)23-18)7-6-13-4-2-1-3-5-13/h1-11,24H,(H,23,25)/b7-6+. The number of nitrogens with zero attached hydrogens (tertiary/aromatic N) is 1. The van der Waals surface area contributed by atoms with Crippen LogP contribution in [0.15, 0.2) is 63.9 Å². The molecule has 122 valence electrons. The van der Waals surface area contributed by atoms with E-state index in [0.29, 0.717) is 16.8 Å². The molecule has 0 radical (unpaired) electrons. The molecule has 0 fully saturated rings. The predicted octanol–water partition coefficient (Wildman–Crippen LogP) is 4.55. The summed E-state index contributed by atoms with van der Waals surface area (Å²) in [4.78, 5) is 14.9. The molecule has 0 saturated carbocycles. The summed E-state index contributed by atoms with van der Waals surface area (Å²) in [6.07, 6.45) is 3.56. The summed E-state index contributed by atoms with van der Waals surface area (Å²) in [5.41, 5.74) is 1.90. The van der Waals surface area contributed by atoms with Gasteiger partial charge in [-0.2, -0.15) is 5.26 Å². The van der Waals surface area contributed by atoms with Crippen LogP contribution in [-0.4, -0.2) is 10.1 Å². The van der Waals surface area contributed by atoms with Crippen LogP contribution in [0.5, 0.6) is 5.75 Å². The maximum Gasteiger partial charge on any atom is 0.266 e. The van der Waals surface area contributed by atoms with Gasteiger partial charge in [-0.15, -0.1) is 0 Å². The van der Waals surface area contributed by atoms with Gasteiger partial charge < -0.3 is 10.1 Å². The van der Waals surface area contributed by atoms with E-state index in [-0.39, 0.29) is 11.3 Å². The van der Waals surface area contributed by atoms with Gasteiger partial charge in [0.2, 0.25) is 0 Å². The molecule has 0 bridgehead atoms. The van der Waals surface area contributed by atoms with E-state index >= 15 is 0 Å². The number of benzene rings is 2. The lowest BCUT2D eigenvalue weighted by molar-refractivity contribution is 0.477. The fourth-order valence-electron chi connectivity index (χ4n) is 2.45. The van der Waals surface area contributed by atoms with Crippen molar-refractivity contribution in [1.82, 2.24) is 4.98 Å². The van der Waals surface area contributed by atoms with Crippen molar-refractivity contribution >= 4 is 28.1 Å². The quantitative estimate of drug-likeness (QED) is 0.685. The molecule has 5 heteroatoms. The smallest absolute Gasteiger partial charge is 0.266 e. The molecule has 3 aromatic rings. The lowest BCUT2D eigenvalue weighted by Gasteiger charge is -2.07. The molecule has 25 heavy (non-hydrogen) atoms. The van der Waals surface area contributed by atoms with Crippen molar-refractivity contribution in [3.8, 4) is 23.1 Å². The average molecular weight is 393 g/mol. The van der Waals surface area contributed by atoms with E-state index in [1.807, 2.05) is 42.5 Å². The van der Waals surface area contributed by atoms with Gasteiger partial charge in [-0.1, -0.05) is 58.4 Å². The summed E-state index contributed by atoms with van der Waals surface area (Å²) in [7, 11) is 0. The number of phenols is 1. The van der Waals surface area contributed by atoms with Crippen LogP contribution in [0.1, 0.15) is 16.7 Å². The number of hydrogen-bond acceptors (Lipinski definition) is 3. The van der Waals surface area contributed by atoms with Crippen LogP contribution in [0.4, 0.5) is 0 Å². The fraction of sp³-hybridized carbons (Fsp3) is 0. The molecule has 1 heterocycles. The molecule has 2 aromatic carbocycles. The highest BCUT2D eigenvalue weighted by molar-refractivity contribution is 9.10. The highest BCUT2D eigenvalue weighted by Gasteiger charge is 2.11. The number of phenolic OH excluding ortho intramolecular Hbond substituents is 1. The molecule has 0 saturated heterocycles. The third-order valence-electron chi connectivity index (χ3n) is 3.68. The van der Waals surface area contributed by atoms with E-state index in [1.54, 1.807) is 24.3 Å². The maximum atomic E-state index is 12.3. The Balaban J connectivity index is 2.13. The number of rotatable bonds is 3. The number of nitriles is 1. The molecule has 0 amide bonds. The molecule has 1 aromatic heterocycles. The van der Waals surface area contributed by atoms with E-state index in [4.69, 9.17) is 0 Å². The largest absolute Gasteiger partial charge is 0.507 e. The first kappa shape index (κ1) is 16.7. The van der Waals surface area contributed by atoms with E-state index < -0.39 is 5.56 Å². The van der Waals surface area contributed by atoms with Crippen molar-refractivity contribution in [2.75, 3.05) is 0 Å². The van der Waals surface area contributed by atoms with Crippen LogP contribution in [0.2, 0.25) is 0 Å². The van der Waals surface area contributed by atoms with Crippen molar-refractivity contribution in [3.05, 3.63) is 86.1 Å².